The van der Waals surface area contributed by atoms with Crippen LogP contribution in [0.2, 0.25) is 0 Å². The van der Waals surface area contributed by atoms with Crippen molar-refractivity contribution in [3.8, 4) is 0 Å². The molecule has 5 heteroatoms. The van der Waals surface area contributed by atoms with E-state index in [1.165, 1.54) is 0 Å². The van der Waals surface area contributed by atoms with Crippen molar-refractivity contribution in [1.29, 1.82) is 0 Å². The van der Waals surface area contributed by atoms with Crippen molar-refractivity contribution in [3.63, 3.8) is 0 Å². The van der Waals surface area contributed by atoms with Gasteiger partial charge >= 0.3 is 5.97 Å². The number of hydrogen-bond donors (Lipinski definition) is 1. The Morgan fingerprint density at radius 1 is 0.952 bits per heavy atom. The van der Waals surface area contributed by atoms with Gasteiger partial charge in [-0.2, -0.15) is 0 Å². The monoisotopic (exact) mass is 296 g/mol. The van der Waals surface area contributed by atoms with Crippen LogP contribution in [-0.4, -0.2) is 58.5 Å². The van der Waals surface area contributed by atoms with Crippen molar-refractivity contribution in [1.82, 2.24) is 9.80 Å². The van der Waals surface area contributed by atoms with Gasteiger partial charge in [0, 0.05) is 31.7 Å². The Kier molecular flexibility index (Phi) is 4.91. The number of piperazine rings is 1. The Hall–Kier alpha value is -1.10. The van der Waals surface area contributed by atoms with Gasteiger partial charge in [0.25, 0.3) is 0 Å². The summed E-state index contributed by atoms with van der Waals surface area (Å²) in [6.45, 7) is 9.75. The summed E-state index contributed by atoms with van der Waals surface area (Å²) in [4.78, 5) is 28.3. The van der Waals surface area contributed by atoms with Crippen LogP contribution in [0.1, 0.15) is 46.5 Å². The second-order valence-electron chi connectivity index (χ2n) is 7.32. The molecular weight excluding hydrogens is 268 g/mol. The number of carboxylic acid groups (broad SMARTS) is 1. The van der Waals surface area contributed by atoms with Gasteiger partial charge < -0.3 is 10.0 Å². The highest BCUT2D eigenvalue weighted by molar-refractivity contribution is 5.85. The lowest BCUT2D eigenvalue weighted by Gasteiger charge is -2.43. The molecule has 1 aliphatic carbocycles. The zero-order chi connectivity index (χ0) is 15.6. The van der Waals surface area contributed by atoms with Gasteiger partial charge in [0.2, 0.25) is 5.91 Å². The van der Waals surface area contributed by atoms with Gasteiger partial charge in [-0.3, -0.25) is 14.5 Å². The predicted molar refractivity (Wildman–Crippen MR) is 81.0 cm³/mol. The van der Waals surface area contributed by atoms with Crippen LogP contribution >= 0.6 is 0 Å². The fourth-order valence-corrected chi connectivity index (χ4v) is 3.55. The summed E-state index contributed by atoms with van der Waals surface area (Å²) in [5, 5.41) is 9.33. The summed E-state index contributed by atoms with van der Waals surface area (Å²) in [7, 11) is 0. The quantitative estimate of drug-likeness (QED) is 0.844. The van der Waals surface area contributed by atoms with Crippen molar-refractivity contribution < 1.29 is 14.7 Å². The van der Waals surface area contributed by atoms with Gasteiger partial charge in [0.1, 0.15) is 0 Å². The fraction of sp³-hybridized carbons (Fsp3) is 0.875. The van der Waals surface area contributed by atoms with Crippen molar-refractivity contribution in [2.24, 2.45) is 11.8 Å². The van der Waals surface area contributed by atoms with E-state index >= 15 is 0 Å². The maximum Gasteiger partial charge on any atom is 0.307 e. The Balaban J connectivity index is 1.96. The Morgan fingerprint density at radius 3 is 1.95 bits per heavy atom. The third-order valence-electron chi connectivity index (χ3n) is 4.94. The van der Waals surface area contributed by atoms with E-state index < -0.39 is 11.9 Å². The molecule has 21 heavy (non-hydrogen) atoms. The van der Waals surface area contributed by atoms with Gasteiger partial charge in [-0.05, 0) is 33.6 Å². The Morgan fingerprint density at radius 2 is 1.48 bits per heavy atom. The molecule has 0 spiro atoms. The second kappa shape index (κ2) is 6.34. The molecule has 2 rings (SSSR count). The zero-order valence-electron chi connectivity index (χ0n) is 13.5. The van der Waals surface area contributed by atoms with Crippen LogP contribution < -0.4 is 0 Å². The summed E-state index contributed by atoms with van der Waals surface area (Å²) in [5.74, 6) is -1.53. The van der Waals surface area contributed by atoms with E-state index in [9.17, 15) is 14.7 Å². The van der Waals surface area contributed by atoms with Crippen molar-refractivity contribution in [2.45, 2.75) is 52.0 Å². The molecule has 0 bridgehead atoms. The van der Waals surface area contributed by atoms with E-state index in [1.807, 2.05) is 4.90 Å². The molecule has 5 nitrogen and oxygen atoms in total. The smallest absolute Gasteiger partial charge is 0.307 e. The van der Waals surface area contributed by atoms with Crippen LogP contribution in [-0.2, 0) is 9.59 Å². The summed E-state index contributed by atoms with van der Waals surface area (Å²) in [5.41, 5.74) is 0.129. The van der Waals surface area contributed by atoms with E-state index in [4.69, 9.17) is 0 Å². The predicted octanol–water partition coefficient (Wildman–Crippen LogP) is 1.82. The molecule has 1 amide bonds. The number of aliphatic carboxylic acids is 1. The second-order valence-corrected chi connectivity index (χ2v) is 7.32. The minimum Gasteiger partial charge on any atom is -0.481 e. The highest BCUT2D eigenvalue weighted by Crippen LogP contribution is 2.32. The van der Waals surface area contributed by atoms with E-state index in [-0.39, 0.29) is 17.4 Å². The first-order valence-corrected chi connectivity index (χ1v) is 8.07. The largest absolute Gasteiger partial charge is 0.481 e. The van der Waals surface area contributed by atoms with E-state index in [2.05, 4.69) is 25.7 Å². The minimum atomic E-state index is -0.804. The minimum absolute atomic E-state index is 0.0654. The summed E-state index contributed by atoms with van der Waals surface area (Å²) in [6.07, 6.45) is 3.28. The average Bonchev–Trinajstić information content (AvgIpc) is 2.45. The molecule has 1 heterocycles. The van der Waals surface area contributed by atoms with Crippen LogP contribution in [0, 0.1) is 11.8 Å². The van der Waals surface area contributed by atoms with Crippen LogP contribution in [0.25, 0.3) is 0 Å². The number of rotatable bonds is 2. The fourth-order valence-electron chi connectivity index (χ4n) is 3.55. The lowest BCUT2D eigenvalue weighted by atomic mass is 9.78. The third-order valence-corrected chi connectivity index (χ3v) is 4.94. The number of carboxylic acids is 1. The highest BCUT2D eigenvalue weighted by atomic mass is 16.4. The van der Waals surface area contributed by atoms with Crippen LogP contribution in [0.4, 0.5) is 0 Å². The maximum atomic E-state index is 12.7. The number of nitrogens with zero attached hydrogens (tertiary/aromatic N) is 2. The molecule has 0 aromatic heterocycles. The molecule has 2 fully saturated rings. The van der Waals surface area contributed by atoms with Crippen LogP contribution in [0.5, 0.6) is 0 Å². The number of amides is 1. The lowest BCUT2D eigenvalue weighted by molar-refractivity contribution is -0.153. The molecule has 2 aliphatic rings. The van der Waals surface area contributed by atoms with Gasteiger partial charge in [0.15, 0.2) is 0 Å². The van der Waals surface area contributed by atoms with Gasteiger partial charge in [-0.15, -0.1) is 0 Å². The van der Waals surface area contributed by atoms with Crippen molar-refractivity contribution >= 4 is 11.9 Å². The molecule has 2 atom stereocenters. The molecule has 0 aromatic rings. The molecule has 1 N–H and O–H groups in total. The van der Waals surface area contributed by atoms with Gasteiger partial charge in [-0.1, -0.05) is 12.8 Å². The normalized spacial score (nSPS) is 28.4. The third kappa shape index (κ3) is 3.76. The number of carbonyl (C=O) groups excluding carboxylic acids is 1. The Bertz CT molecular complexity index is 395. The van der Waals surface area contributed by atoms with Crippen molar-refractivity contribution in [2.75, 3.05) is 26.2 Å². The first-order chi connectivity index (χ1) is 9.80. The Labute approximate surface area is 127 Å². The molecular formula is C16H28N2O3. The number of hydrogen-bond acceptors (Lipinski definition) is 3. The molecule has 1 saturated carbocycles. The van der Waals surface area contributed by atoms with Gasteiger partial charge in [-0.25, -0.2) is 0 Å². The molecule has 120 valence electrons. The first-order valence-electron chi connectivity index (χ1n) is 8.07. The summed E-state index contributed by atoms with van der Waals surface area (Å²) >= 11 is 0. The first kappa shape index (κ1) is 16.3. The average molecular weight is 296 g/mol. The van der Waals surface area contributed by atoms with Crippen molar-refractivity contribution in [3.05, 3.63) is 0 Å². The van der Waals surface area contributed by atoms with Crippen LogP contribution in [0.3, 0.4) is 0 Å². The number of carbonyl (C=O) groups is 2. The topological polar surface area (TPSA) is 60.9 Å². The lowest BCUT2D eigenvalue weighted by Crippen LogP contribution is -2.56. The van der Waals surface area contributed by atoms with E-state index in [0.29, 0.717) is 6.42 Å². The van der Waals surface area contributed by atoms with E-state index in [1.54, 1.807) is 0 Å². The zero-order valence-corrected chi connectivity index (χ0v) is 13.5. The van der Waals surface area contributed by atoms with E-state index in [0.717, 1.165) is 45.4 Å². The maximum absolute atomic E-state index is 12.7. The van der Waals surface area contributed by atoms with Gasteiger partial charge in [0.05, 0.1) is 11.8 Å². The molecule has 1 aliphatic heterocycles. The SMILES string of the molecule is CC(C)(C)N1CCN(C(=O)[C@@H]2CCCC[C@@H]2C(=O)O)CC1. The highest BCUT2D eigenvalue weighted by Gasteiger charge is 2.39. The summed E-state index contributed by atoms with van der Waals surface area (Å²) < 4.78 is 0. The molecule has 1 saturated heterocycles. The molecule has 0 unspecified atom stereocenters. The molecule has 0 aromatic carbocycles. The van der Waals surface area contributed by atoms with Crippen LogP contribution in [0.15, 0.2) is 0 Å². The molecule has 0 radical (unpaired) electrons. The summed E-state index contributed by atoms with van der Waals surface area (Å²) in [6, 6.07) is 0. The standard InChI is InChI=1S/C16H28N2O3/c1-16(2,3)18-10-8-17(9-11-18)14(19)12-6-4-5-7-13(12)15(20)21/h12-13H,4-11H2,1-3H3,(H,20,21)/t12-,13+/m1/s1.